The van der Waals surface area contributed by atoms with Crippen LogP contribution in [0.2, 0.25) is 0 Å². The fraction of sp³-hybridized carbons (Fsp3) is 0.913. The second kappa shape index (κ2) is 15.8. The third-order valence-electron chi connectivity index (χ3n) is 5.94. The number of amides is 2. The lowest BCUT2D eigenvalue weighted by atomic mass is 10.2. The molecule has 0 aromatic carbocycles. The SMILES string of the molecule is CCC(C)N1CCCC1=O.CCC(C)N1CCCCCC1=O.CCC(C)OC. The third kappa shape index (κ3) is 10.4. The molecule has 2 fully saturated rings. The molecule has 3 unspecified atom stereocenters. The van der Waals surface area contributed by atoms with Crippen LogP contribution >= 0.6 is 0 Å². The Morgan fingerprint density at radius 2 is 1.21 bits per heavy atom. The van der Waals surface area contributed by atoms with Crippen LogP contribution in [0, 0.1) is 0 Å². The maximum atomic E-state index is 11.5. The predicted octanol–water partition coefficient (Wildman–Crippen LogP) is 5.03. The smallest absolute Gasteiger partial charge is 0.222 e. The second-order valence-electron chi connectivity index (χ2n) is 8.06. The fourth-order valence-corrected chi connectivity index (χ4v) is 3.21. The van der Waals surface area contributed by atoms with Gasteiger partial charge in [-0.3, -0.25) is 9.59 Å². The standard InChI is InChI=1S/C10H19NO.C8H15NO.C5H12O/c1-3-9(2)11-8-6-4-5-7-10(11)12;1-3-7(2)9-6-4-5-8(9)10;1-4-5(2)6-3/h9H,3-8H2,1-2H3;7H,3-6H2,1-2H3;5H,4H2,1-3H3. The molecule has 5 heteroatoms. The lowest BCUT2D eigenvalue weighted by Gasteiger charge is -2.26. The molecule has 0 aromatic rings. The Bertz CT molecular complexity index is 424. The van der Waals surface area contributed by atoms with E-state index in [4.69, 9.17) is 4.74 Å². The lowest BCUT2D eigenvalue weighted by molar-refractivity contribution is -0.132. The van der Waals surface area contributed by atoms with Crippen molar-refractivity contribution in [3.63, 3.8) is 0 Å². The molecule has 0 saturated carbocycles. The number of rotatable bonds is 6. The van der Waals surface area contributed by atoms with Gasteiger partial charge in [-0.25, -0.2) is 0 Å². The van der Waals surface area contributed by atoms with Crippen LogP contribution in [0.4, 0.5) is 0 Å². The first-order valence-corrected chi connectivity index (χ1v) is 11.4. The Labute approximate surface area is 174 Å². The summed E-state index contributed by atoms with van der Waals surface area (Å²) in [6.45, 7) is 14.6. The molecule has 2 saturated heterocycles. The summed E-state index contributed by atoms with van der Waals surface area (Å²) in [6.07, 6.45) is 9.79. The molecule has 0 bridgehead atoms. The normalized spacial score (nSPS) is 20.4. The minimum absolute atomic E-state index is 0.342. The maximum absolute atomic E-state index is 11.5. The van der Waals surface area contributed by atoms with E-state index in [1.165, 1.54) is 12.8 Å². The van der Waals surface area contributed by atoms with E-state index in [1.54, 1.807) is 7.11 Å². The molecule has 0 N–H and O–H groups in total. The van der Waals surface area contributed by atoms with Crippen LogP contribution in [0.3, 0.4) is 0 Å². The van der Waals surface area contributed by atoms with Crippen LogP contribution in [0.25, 0.3) is 0 Å². The van der Waals surface area contributed by atoms with Crippen molar-refractivity contribution < 1.29 is 14.3 Å². The average Bonchev–Trinajstić information content (AvgIpc) is 3.03. The summed E-state index contributed by atoms with van der Waals surface area (Å²) >= 11 is 0. The molecule has 2 heterocycles. The first-order chi connectivity index (χ1) is 13.3. The first-order valence-electron chi connectivity index (χ1n) is 11.4. The van der Waals surface area contributed by atoms with Crippen LogP contribution < -0.4 is 0 Å². The first kappa shape index (κ1) is 26.9. The number of ether oxygens (including phenoxy) is 1. The quantitative estimate of drug-likeness (QED) is 0.631. The summed E-state index contributed by atoms with van der Waals surface area (Å²) in [6, 6.07) is 0.894. The minimum atomic E-state index is 0.342. The van der Waals surface area contributed by atoms with Crippen molar-refractivity contribution in [1.82, 2.24) is 9.80 Å². The highest BCUT2D eigenvalue weighted by Crippen LogP contribution is 2.15. The topological polar surface area (TPSA) is 49.9 Å². The number of hydrogen-bond donors (Lipinski definition) is 0. The Hall–Kier alpha value is -1.10. The maximum Gasteiger partial charge on any atom is 0.222 e. The van der Waals surface area contributed by atoms with E-state index in [-0.39, 0.29) is 0 Å². The van der Waals surface area contributed by atoms with Crippen molar-refractivity contribution in [2.24, 2.45) is 0 Å². The van der Waals surface area contributed by atoms with Crippen LogP contribution in [0.5, 0.6) is 0 Å². The summed E-state index contributed by atoms with van der Waals surface area (Å²) in [5, 5.41) is 0. The number of methoxy groups -OCH3 is 1. The van der Waals surface area contributed by atoms with E-state index in [0.29, 0.717) is 30.0 Å². The van der Waals surface area contributed by atoms with Crippen LogP contribution in [0.1, 0.15) is 99.3 Å². The number of hydrogen-bond acceptors (Lipinski definition) is 3. The van der Waals surface area contributed by atoms with Gasteiger partial charge in [-0.15, -0.1) is 0 Å². The molecule has 5 nitrogen and oxygen atoms in total. The number of carbonyl (C=O) groups is 2. The Morgan fingerprint density at radius 1 is 0.750 bits per heavy atom. The lowest BCUT2D eigenvalue weighted by Crippen LogP contribution is -2.37. The van der Waals surface area contributed by atoms with Gasteiger partial charge in [0.15, 0.2) is 0 Å². The molecule has 2 amide bonds. The molecule has 166 valence electrons. The van der Waals surface area contributed by atoms with Gasteiger partial charge in [-0.2, -0.15) is 0 Å². The van der Waals surface area contributed by atoms with Gasteiger partial charge in [0.05, 0.1) is 6.10 Å². The van der Waals surface area contributed by atoms with Gasteiger partial charge in [-0.05, 0) is 59.3 Å². The van der Waals surface area contributed by atoms with Crippen molar-refractivity contribution in [2.45, 2.75) is 118 Å². The molecule has 3 atom stereocenters. The molecule has 0 aromatic heterocycles. The monoisotopic (exact) mass is 398 g/mol. The van der Waals surface area contributed by atoms with Crippen molar-refractivity contribution >= 4 is 11.8 Å². The summed E-state index contributed by atoms with van der Waals surface area (Å²) in [5.74, 6) is 0.705. The van der Waals surface area contributed by atoms with E-state index in [2.05, 4.69) is 41.5 Å². The van der Waals surface area contributed by atoms with Gasteiger partial charge < -0.3 is 14.5 Å². The molecular weight excluding hydrogens is 352 g/mol. The molecule has 0 aliphatic carbocycles. The van der Waals surface area contributed by atoms with E-state index in [9.17, 15) is 9.59 Å². The van der Waals surface area contributed by atoms with E-state index in [1.807, 2.05) is 9.80 Å². The Morgan fingerprint density at radius 3 is 1.57 bits per heavy atom. The van der Waals surface area contributed by atoms with Crippen molar-refractivity contribution in [3.8, 4) is 0 Å². The highest BCUT2D eigenvalue weighted by molar-refractivity contribution is 5.78. The highest BCUT2D eigenvalue weighted by Gasteiger charge is 2.23. The van der Waals surface area contributed by atoms with Crippen LogP contribution in [-0.4, -0.2) is 60.0 Å². The van der Waals surface area contributed by atoms with Gasteiger partial charge in [0, 0.05) is 45.1 Å². The van der Waals surface area contributed by atoms with Gasteiger partial charge in [-0.1, -0.05) is 27.2 Å². The second-order valence-corrected chi connectivity index (χ2v) is 8.06. The van der Waals surface area contributed by atoms with Gasteiger partial charge >= 0.3 is 0 Å². The Balaban J connectivity index is 0.000000414. The number of likely N-dealkylation sites (tertiary alicyclic amines) is 2. The zero-order valence-corrected chi connectivity index (χ0v) is 19.6. The van der Waals surface area contributed by atoms with Gasteiger partial charge in [0.2, 0.25) is 11.8 Å². The zero-order chi connectivity index (χ0) is 21.5. The van der Waals surface area contributed by atoms with Crippen molar-refractivity contribution in [2.75, 3.05) is 20.2 Å². The highest BCUT2D eigenvalue weighted by atomic mass is 16.5. The fourth-order valence-electron chi connectivity index (χ4n) is 3.21. The molecule has 2 rings (SSSR count). The number of carbonyl (C=O) groups excluding carboxylic acids is 2. The minimum Gasteiger partial charge on any atom is -0.382 e. The van der Waals surface area contributed by atoms with E-state index in [0.717, 1.165) is 58.0 Å². The average molecular weight is 399 g/mol. The van der Waals surface area contributed by atoms with Crippen LogP contribution in [-0.2, 0) is 14.3 Å². The van der Waals surface area contributed by atoms with Crippen molar-refractivity contribution in [3.05, 3.63) is 0 Å². The summed E-state index contributed by atoms with van der Waals surface area (Å²) in [7, 11) is 1.73. The Kier molecular flexibility index (Phi) is 15.2. The van der Waals surface area contributed by atoms with E-state index >= 15 is 0 Å². The van der Waals surface area contributed by atoms with Gasteiger partial charge in [0.25, 0.3) is 0 Å². The van der Waals surface area contributed by atoms with E-state index < -0.39 is 0 Å². The molecule has 2 aliphatic rings. The number of nitrogens with zero attached hydrogens (tertiary/aromatic N) is 2. The molecular formula is C23H46N2O3. The van der Waals surface area contributed by atoms with Crippen molar-refractivity contribution in [1.29, 1.82) is 0 Å². The predicted molar refractivity (Wildman–Crippen MR) is 117 cm³/mol. The van der Waals surface area contributed by atoms with Crippen LogP contribution in [0.15, 0.2) is 0 Å². The summed E-state index contributed by atoms with van der Waals surface area (Å²) in [4.78, 5) is 26.7. The molecule has 0 spiro atoms. The zero-order valence-electron chi connectivity index (χ0n) is 19.6. The summed E-state index contributed by atoms with van der Waals surface area (Å²) < 4.78 is 4.90. The third-order valence-corrected chi connectivity index (χ3v) is 5.94. The molecule has 0 radical (unpaired) electrons. The summed E-state index contributed by atoms with van der Waals surface area (Å²) in [5.41, 5.74) is 0. The molecule has 28 heavy (non-hydrogen) atoms. The largest absolute Gasteiger partial charge is 0.382 e. The molecule has 2 aliphatic heterocycles. The van der Waals surface area contributed by atoms with Gasteiger partial charge in [0.1, 0.15) is 0 Å².